The second-order valence-electron chi connectivity index (χ2n) is 6.23. The molecule has 1 amide bonds. The summed E-state index contributed by atoms with van der Waals surface area (Å²) >= 11 is 0. The Morgan fingerprint density at radius 3 is 2.45 bits per heavy atom. The molecule has 0 N–H and O–H groups in total. The van der Waals surface area contributed by atoms with Crippen LogP contribution in [0.4, 0.5) is 0 Å². The highest BCUT2D eigenvalue weighted by molar-refractivity contribution is 5.83. The molecule has 112 valence electrons. The summed E-state index contributed by atoms with van der Waals surface area (Å²) in [6, 6.07) is 2.63. The molecule has 0 unspecified atom stereocenters. The molecule has 1 aromatic heterocycles. The zero-order valence-electron chi connectivity index (χ0n) is 13.2. The lowest BCUT2D eigenvalue weighted by Gasteiger charge is -2.39. The molecule has 1 aromatic rings. The molecule has 0 aromatic carbocycles. The van der Waals surface area contributed by atoms with Gasteiger partial charge in [0, 0.05) is 25.3 Å². The SMILES string of the molecule is CC(C)N(C(=O)[C@H](C)c1ccnn1C)C1CCCCC1. The van der Waals surface area contributed by atoms with Gasteiger partial charge in [-0.2, -0.15) is 5.10 Å². The van der Waals surface area contributed by atoms with E-state index in [1.807, 2.05) is 24.7 Å². The third-order valence-corrected chi connectivity index (χ3v) is 4.45. The number of carbonyl (C=O) groups excluding carboxylic acids is 1. The maximum Gasteiger partial charge on any atom is 0.231 e. The smallest absolute Gasteiger partial charge is 0.231 e. The summed E-state index contributed by atoms with van der Waals surface area (Å²) in [6.45, 7) is 6.25. The van der Waals surface area contributed by atoms with E-state index >= 15 is 0 Å². The summed E-state index contributed by atoms with van der Waals surface area (Å²) in [5.41, 5.74) is 0.997. The van der Waals surface area contributed by atoms with E-state index in [-0.39, 0.29) is 17.9 Å². The standard InChI is InChI=1S/C16H27N3O/c1-12(2)19(14-8-6-5-7-9-14)16(20)13(3)15-10-11-17-18(15)4/h10-14H,5-9H2,1-4H3/t13-/m1/s1. The number of hydrogen-bond acceptors (Lipinski definition) is 2. The molecule has 4 nitrogen and oxygen atoms in total. The van der Waals surface area contributed by atoms with E-state index in [1.54, 1.807) is 6.20 Å². The molecule has 1 aliphatic carbocycles. The molecular weight excluding hydrogens is 250 g/mol. The summed E-state index contributed by atoms with van der Waals surface area (Å²) in [6.07, 6.45) is 7.89. The first-order valence-electron chi connectivity index (χ1n) is 7.82. The monoisotopic (exact) mass is 277 g/mol. The zero-order valence-corrected chi connectivity index (χ0v) is 13.2. The maximum absolute atomic E-state index is 12.9. The minimum atomic E-state index is -0.119. The Balaban J connectivity index is 2.16. The number of nitrogens with zero attached hydrogens (tertiary/aromatic N) is 3. The first-order chi connectivity index (χ1) is 9.52. The highest BCUT2D eigenvalue weighted by Crippen LogP contribution is 2.27. The van der Waals surface area contributed by atoms with Crippen LogP contribution in [0.25, 0.3) is 0 Å². The van der Waals surface area contributed by atoms with Crippen molar-refractivity contribution in [3.8, 4) is 0 Å². The fourth-order valence-corrected chi connectivity index (χ4v) is 3.37. The van der Waals surface area contributed by atoms with Gasteiger partial charge in [-0.15, -0.1) is 0 Å². The molecule has 0 spiro atoms. The van der Waals surface area contributed by atoms with Crippen LogP contribution in [0.15, 0.2) is 12.3 Å². The van der Waals surface area contributed by atoms with Crippen LogP contribution >= 0.6 is 0 Å². The number of amides is 1. The van der Waals surface area contributed by atoms with Crippen LogP contribution in [-0.4, -0.2) is 32.7 Å². The molecule has 1 fully saturated rings. The number of aromatic nitrogens is 2. The van der Waals surface area contributed by atoms with Crippen LogP contribution in [0.2, 0.25) is 0 Å². The van der Waals surface area contributed by atoms with E-state index in [0.29, 0.717) is 6.04 Å². The molecule has 1 heterocycles. The van der Waals surface area contributed by atoms with Crippen LogP contribution in [0, 0.1) is 0 Å². The average molecular weight is 277 g/mol. The molecule has 0 aliphatic heterocycles. The topological polar surface area (TPSA) is 38.1 Å². The number of hydrogen-bond donors (Lipinski definition) is 0. The zero-order chi connectivity index (χ0) is 14.7. The van der Waals surface area contributed by atoms with Crippen molar-refractivity contribution in [2.24, 2.45) is 7.05 Å². The third-order valence-electron chi connectivity index (χ3n) is 4.45. The summed E-state index contributed by atoms with van der Waals surface area (Å²) in [4.78, 5) is 15.0. The second kappa shape index (κ2) is 6.42. The van der Waals surface area contributed by atoms with Crippen molar-refractivity contribution in [3.63, 3.8) is 0 Å². The van der Waals surface area contributed by atoms with Crippen molar-refractivity contribution < 1.29 is 4.79 Å². The molecule has 0 radical (unpaired) electrons. The van der Waals surface area contributed by atoms with E-state index in [0.717, 1.165) is 18.5 Å². The molecule has 2 rings (SSSR count). The third kappa shape index (κ3) is 3.05. The predicted molar refractivity (Wildman–Crippen MR) is 80.5 cm³/mol. The van der Waals surface area contributed by atoms with Gasteiger partial charge in [-0.3, -0.25) is 9.48 Å². The van der Waals surface area contributed by atoms with Gasteiger partial charge in [-0.05, 0) is 39.7 Å². The molecular formula is C16H27N3O. The van der Waals surface area contributed by atoms with E-state index in [4.69, 9.17) is 0 Å². The fourth-order valence-electron chi connectivity index (χ4n) is 3.37. The fraction of sp³-hybridized carbons (Fsp3) is 0.750. The molecule has 4 heteroatoms. The Bertz CT molecular complexity index is 446. The highest BCUT2D eigenvalue weighted by atomic mass is 16.2. The van der Waals surface area contributed by atoms with Crippen molar-refractivity contribution in [1.29, 1.82) is 0 Å². The quantitative estimate of drug-likeness (QED) is 0.848. The van der Waals surface area contributed by atoms with Crippen molar-refractivity contribution in [2.45, 2.75) is 70.9 Å². The van der Waals surface area contributed by atoms with Crippen LogP contribution in [0.5, 0.6) is 0 Å². The first-order valence-corrected chi connectivity index (χ1v) is 7.82. The van der Waals surface area contributed by atoms with Gasteiger partial charge in [-0.1, -0.05) is 19.3 Å². The van der Waals surface area contributed by atoms with Crippen molar-refractivity contribution in [1.82, 2.24) is 14.7 Å². The summed E-state index contributed by atoms with van der Waals surface area (Å²) in [5, 5.41) is 4.18. The Morgan fingerprint density at radius 2 is 1.95 bits per heavy atom. The van der Waals surface area contributed by atoms with E-state index in [2.05, 4.69) is 23.8 Å². The van der Waals surface area contributed by atoms with Gasteiger partial charge in [-0.25, -0.2) is 0 Å². The van der Waals surface area contributed by atoms with Crippen LogP contribution < -0.4 is 0 Å². The van der Waals surface area contributed by atoms with E-state index in [9.17, 15) is 4.79 Å². The average Bonchev–Trinajstić information content (AvgIpc) is 2.85. The van der Waals surface area contributed by atoms with Gasteiger partial charge in [0.15, 0.2) is 0 Å². The lowest BCUT2D eigenvalue weighted by atomic mass is 9.92. The number of rotatable bonds is 4. The molecule has 20 heavy (non-hydrogen) atoms. The van der Waals surface area contributed by atoms with E-state index < -0.39 is 0 Å². The molecule has 1 aliphatic rings. The normalized spacial score (nSPS) is 18.2. The molecule has 0 saturated heterocycles. The lowest BCUT2D eigenvalue weighted by molar-refractivity contribution is -0.137. The number of carbonyl (C=O) groups is 1. The van der Waals surface area contributed by atoms with E-state index in [1.165, 1.54) is 19.3 Å². The molecule has 1 atom stereocenters. The molecule has 0 bridgehead atoms. The summed E-state index contributed by atoms with van der Waals surface area (Å²) < 4.78 is 1.81. The van der Waals surface area contributed by atoms with Crippen molar-refractivity contribution in [3.05, 3.63) is 18.0 Å². The van der Waals surface area contributed by atoms with Gasteiger partial charge in [0.1, 0.15) is 0 Å². The van der Waals surface area contributed by atoms with Gasteiger partial charge in [0.25, 0.3) is 0 Å². The summed E-state index contributed by atoms with van der Waals surface area (Å²) in [7, 11) is 1.90. The van der Waals surface area contributed by atoms with Gasteiger partial charge in [0.05, 0.1) is 11.6 Å². The summed E-state index contributed by atoms with van der Waals surface area (Å²) in [5.74, 6) is 0.127. The van der Waals surface area contributed by atoms with Crippen molar-refractivity contribution in [2.75, 3.05) is 0 Å². The predicted octanol–water partition coefficient (Wildman–Crippen LogP) is 3.09. The highest BCUT2D eigenvalue weighted by Gasteiger charge is 2.31. The lowest BCUT2D eigenvalue weighted by Crippen LogP contribution is -2.47. The molecule has 1 saturated carbocycles. The Hall–Kier alpha value is -1.32. The Kier molecular flexibility index (Phi) is 4.84. The van der Waals surface area contributed by atoms with Gasteiger partial charge >= 0.3 is 0 Å². The van der Waals surface area contributed by atoms with Gasteiger partial charge in [0.2, 0.25) is 5.91 Å². The number of aryl methyl sites for hydroxylation is 1. The second-order valence-corrected chi connectivity index (χ2v) is 6.23. The van der Waals surface area contributed by atoms with Gasteiger partial charge < -0.3 is 4.90 Å². The minimum absolute atomic E-state index is 0.119. The van der Waals surface area contributed by atoms with Crippen LogP contribution in [0.1, 0.15) is 64.5 Å². The largest absolute Gasteiger partial charge is 0.337 e. The first kappa shape index (κ1) is 15.1. The Labute approximate surface area is 122 Å². The van der Waals surface area contributed by atoms with Crippen LogP contribution in [0.3, 0.4) is 0 Å². The van der Waals surface area contributed by atoms with Crippen LogP contribution in [-0.2, 0) is 11.8 Å². The van der Waals surface area contributed by atoms with Crippen molar-refractivity contribution >= 4 is 5.91 Å². The maximum atomic E-state index is 12.9. The minimum Gasteiger partial charge on any atom is -0.337 e. The Morgan fingerprint density at radius 1 is 1.30 bits per heavy atom.